The van der Waals surface area contributed by atoms with Gasteiger partial charge in [-0.25, -0.2) is 13.1 Å². The monoisotopic (exact) mass is 251 g/mol. The van der Waals surface area contributed by atoms with Crippen molar-refractivity contribution in [2.24, 2.45) is 0 Å². The molecule has 0 bridgehead atoms. The van der Waals surface area contributed by atoms with E-state index in [0.29, 0.717) is 6.54 Å². The quantitative estimate of drug-likeness (QED) is 0.531. The van der Waals surface area contributed by atoms with Crippen LogP contribution in [0.1, 0.15) is 20.3 Å². The molecule has 0 rings (SSSR count). The molecule has 0 saturated carbocycles. The molecule has 0 amide bonds. The molecule has 0 saturated heterocycles. The maximum Gasteiger partial charge on any atom is 0.208 e. The zero-order valence-corrected chi connectivity index (χ0v) is 11.4. The summed E-state index contributed by atoms with van der Waals surface area (Å²) in [5.74, 6) is 0. The highest BCUT2D eigenvalue weighted by molar-refractivity contribution is 7.88. The van der Waals surface area contributed by atoms with Crippen LogP contribution in [0, 0.1) is 0 Å². The minimum Gasteiger partial charge on any atom is -0.315 e. The molecule has 0 aromatic carbocycles. The lowest BCUT2D eigenvalue weighted by molar-refractivity contribution is 0.302. The Hall–Kier alpha value is -0.170. The van der Waals surface area contributed by atoms with Crippen LogP contribution in [0.25, 0.3) is 0 Å². The second kappa shape index (κ2) is 8.92. The summed E-state index contributed by atoms with van der Waals surface area (Å²) in [6, 6.07) is 0. The van der Waals surface area contributed by atoms with Crippen molar-refractivity contribution >= 4 is 10.0 Å². The first kappa shape index (κ1) is 15.8. The molecule has 5 nitrogen and oxygen atoms in total. The van der Waals surface area contributed by atoms with E-state index in [2.05, 4.69) is 28.8 Å². The summed E-state index contributed by atoms with van der Waals surface area (Å²) < 4.78 is 24.0. The smallest absolute Gasteiger partial charge is 0.208 e. The molecule has 6 heteroatoms. The molecule has 0 aromatic rings. The van der Waals surface area contributed by atoms with E-state index in [4.69, 9.17) is 0 Å². The van der Waals surface area contributed by atoms with Crippen LogP contribution in [-0.2, 0) is 10.0 Å². The molecular weight excluding hydrogens is 226 g/mol. The summed E-state index contributed by atoms with van der Waals surface area (Å²) in [5, 5.41) is 3.29. The van der Waals surface area contributed by atoms with Gasteiger partial charge in [0.25, 0.3) is 0 Å². The highest BCUT2D eigenvalue weighted by atomic mass is 32.2. The Morgan fingerprint density at radius 1 is 1.06 bits per heavy atom. The fraction of sp³-hybridized carbons (Fsp3) is 1.00. The molecular formula is C10H25N3O2S. The van der Waals surface area contributed by atoms with E-state index >= 15 is 0 Å². The summed E-state index contributed by atoms with van der Waals surface area (Å²) in [5.41, 5.74) is 0. The van der Waals surface area contributed by atoms with Gasteiger partial charge in [0.2, 0.25) is 10.0 Å². The molecule has 0 aliphatic carbocycles. The van der Waals surface area contributed by atoms with E-state index in [1.165, 1.54) is 6.26 Å². The fourth-order valence-electron chi connectivity index (χ4n) is 1.37. The second-order valence-corrected chi connectivity index (χ2v) is 5.63. The van der Waals surface area contributed by atoms with Gasteiger partial charge in [0.1, 0.15) is 0 Å². The van der Waals surface area contributed by atoms with Gasteiger partial charge in [0, 0.05) is 19.6 Å². The second-order valence-electron chi connectivity index (χ2n) is 3.80. The van der Waals surface area contributed by atoms with Crippen molar-refractivity contribution in [3.63, 3.8) is 0 Å². The summed E-state index contributed by atoms with van der Waals surface area (Å²) in [6.45, 7) is 9.83. The third-order valence-electron chi connectivity index (χ3n) is 2.39. The summed E-state index contributed by atoms with van der Waals surface area (Å²) >= 11 is 0. The molecule has 16 heavy (non-hydrogen) atoms. The van der Waals surface area contributed by atoms with Gasteiger partial charge in [-0.05, 0) is 26.1 Å². The van der Waals surface area contributed by atoms with Gasteiger partial charge in [-0.15, -0.1) is 0 Å². The molecule has 0 radical (unpaired) electrons. The highest BCUT2D eigenvalue weighted by Crippen LogP contribution is 1.84. The summed E-state index contributed by atoms with van der Waals surface area (Å²) in [7, 11) is -3.02. The van der Waals surface area contributed by atoms with Crippen LogP contribution in [0.5, 0.6) is 0 Å². The Kier molecular flexibility index (Phi) is 8.83. The van der Waals surface area contributed by atoms with Crippen LogP contribution in [0.2, 0.25) is 0 Å². The Labute approximate surface area is 99.6 Å². The zero-order chi connectivity index (χ0) is 12.4. The Morgan fingerprint density at radius 3 is 2.19 bits per heavy atom. The lowest BCUT2D eigenvalue weighted by Crippen LogP contribution is -2.33. The lowest BCUT2D eigenvalue weighted by atomic mass is 10.4. The SMILES string of the molecule is CCN(CC)CCNCCCNS(C)(=O)=O. The predicted molar refractivity (Wildman–Crippen MR) is 68.1 cm³/mol. The van der Waals surface area contributed by atoms with E-state index in [-0.39, 0.29) is 0 Å². The van der Waals surface area contributed by atoms with E-state index in [1.807, 2.05) is 0 Å². The van der Waals surface area contributed by atoms with Crippen LogP contribution in [0.15, 0.2) is 0 Å². The molecule has 0 fully saturated rings. The van der Waals surface area contributed by atoms with Crippen LogP contribution in [0.3, 0.4) is 0 Å². The van der Waals surface area contributed by atoms with Gasteiger partial charge < -0.3 is 10.2 Å². The summed E-state index contributed by atoms with van der Waals surface area (Å²) in [6.07, 6.45) is 2.01. The van der Waals surface area contributed by atoms with Crippen LogP contribution < -0.4 is 10.0 Å². The third-order valence-corrected chi connectivity index (χ3v) is 3.12. The third kappa shape index (κ3) is 10.4. The van der Waals surface area contributed by atoms with Crippen LogP contribution >= 0.6 is 0 Å². The minimum atomic E-state index is -3.02. The number of rotatable bonds is 10. The normalized spacial score (nSPS) is 12.2. The van der Waals surface area contributed by atoms with Gasteiger partial charge in [-0.1, -0.05) is 13.8 Å². The average Bonchev–Trinajstić information content (AvgIpc) is 2.21. The van der Waals surface area contributed by atoms with E-state index in [1.54, 1.807) is 0 Å². The highest BCUT2D eigenvalue weighted by Gasteiger charge is 1.99. The molecule has 0 heterocycles. The van der Waals surface area contributed by atoms with Crippen molar-refractivity contribution in [3.05, 3.63) is 0 Å². The largest absolute Gasteiger partial charge is 0.315 e. The number of hydrogen-bond donors (Lipinski definition) is 2. The van der Waals surface area contributed by atoms with Crippen molar-refractivity contribution in [1.29, 1.82) is 0 Å². The van der Waals surface area contributed by atoms with E-state index in [9.17, 15) is 8.42 Å². The van der Waals surface area contributed by atoms with Crippen molar-refractivity contribution in [2.45, 2.75) is 20.3 Å². The van der Waals surface area contributed by atoms with Crippen molar-refractivity contribution in [2.75, 3.05) is 45.5 Å². The zero-order valence-electron chi connectivity index (χ0n) is 10.6. The minimum absolute atomic E-state index is 0.511. The topological polar surface area (TPSA) is 61.4 Å². The summed E-state index contributed by atoms with van der Waals surface area (Å²) in [4.78, 5) is 2.35. The molecule has 0 spiro atoms. The van der Waals surface area contributed by atoms with Gasteiger partial charge in [-0.3, -0.25) is 0 Å². The van der Waals surface area contributed by atoms with Crippen molar-refractivity contribution < 1.29 is 8.42 Å². The first-order valence-corrected chi connectivity index (χ1v) is 7.76. The Morgan fingerprint density at radius 2 is 1.69 bits per heavy atom. The first-order valence-electron chi connectivity index (χ1n) is 5.87. The predicted octanol–water partition coefficient (Wildman–Crippen LogP) is -0.143. The number of sulfonamides is 1. The van der Waals surface area contributed by atoms with Gasteiger partial charge in [-0.2, -0.15) is 0 Å². The molecule has 0 aromatic heterocycles. The maximum atomic E-state index is 10.7. The molecule has 0 unspecified atom stereocenters. The number of nitrogens with one attached hydrogen (secondary N) is 2. The van der Waals surface area contributed by atoms with Crippen LogP contribution in [0.4, 0.5) is 0 Å². The number of hydrogen-bond acceptors (Lipinski definition) is 4. The Bertz CT molecular complexity index is 251. The first-order chi connectivity index (χ1) is 7.49. The van der Waals surface area contributed by atoms with Gasteiger partial charge >= 0.3 is 0 Å². The molecule has 0 aliphatic rings. The van der Waals surface area contributed by atoms with Gasteiger partial charge in [0.05, 0.1) is 6.26 Å². The number of nitrogens with zero attached hydrogens (tertiary/aromatic N) is 1. The average molecular weight is 251 g/mol. The van der Waals surface area contributed by atoms with E-state index < -0.39 is 10.0 Å². The molecule has 98 valence electrons. The van der Waals surface area contributed by atoms with Gasteiger partial charge in [0.15, 0.2) is 0 Å². The lowest BCUT2D eigenvalue weighted by Gasteiger charge is -2.17. The molecule has 0 atom stereocenters. The number of likely N-dealkylation sites (N-methyl/N-ethyl adjacent to an activating group) is 1. The van der Waals surface area contributed by atoms with Crippen molar-refractivity contribution in [3.8, 4) is 0 Å². The van der Waals surface area contributed by atoms with E-state index in [0.717, 1.165) is 39.1 Å². The standard InChI is InChI=1S/C10H25N3O2S/c1-4-13(5-2)10-9-11-7-6-8-12-16(3,14)15/h11-12H,4-10H2,1-3H3. The fourth-order valence-corrected chi connectivity index (χ4v) is 1.89. The molecule has 2 N–H and O–H groups in total. The maximum absolute atomic E-state index is 10.7. The van der Waals surface area contributed by atoms with Crippen LogP contribution in [-0.4, -0.2) is 58.8 Å². The van der Waals surface area contributed by atoms with Crippen molar-refractivity contribution in [1.82, 2.24) is 14.9 Å². The molecule has 0 aliphatic heterocycles. The Balaban J connectivity index is 3.28.